The van der Waals surface area contributed by atoms with Crippen LogP contribution in [0.4, 0.5) is 18.9 Å². The number of piperazine rings is 1. The highest BCUT2D eigenvalue weighted by atomic mass is 32.2. The van der Waals surface area contributed by atoms with E-state index in [1.54, 1.807) is 24.8 Å². The quantitative estimate of drug-likeness (QED) is 0.859. The molecule has 0 unspecified atom stereocenters. The number of nitrogens with zero attached hydrogens (tertiary/aromatic N) is 1. The van der Waals surface area contributed by atoms with Gasteiger partial charge in [0.05, 0.1) is 21.0 Å². The SMILES string of the molecule is Cc1cc(C)cc(S(=O)(=O)c2cccc(N3CCNCC3)c2C(F)(F)F)c1. The standard InChI is InChI=1S/C19H21F3N2O2S/c1-13-10-14(2)12-15(11-13)27(25,26)17-5-3-4-16(18(17)19(20,21)22)24-8-6-23-7-9-24/h3-5,10-12,23H,6-9H2,1-2H3. The first-order valence-corrected chi connectivity index (χ1v) is 10.1. The number of benzene rings is 2. The van der Waals surface area contributed by atoms with Gasteiger partial charge in [0.1, 0.15) is 0 Å². The van der Waals surface area contributed by atoms with Crippen molar-refractivity contribution >= 4 is 15.5 Å². The molecule has 0 radical (unpaired) electrons. The number of halogens is 3. The van der Waals surface area contributed by atoms with Crippen molar-refractivity contribution in [3.05, 3.63) is 53.1 Å². The Kier molecular flexibility index (Phi) is 5.22. The van der Waals surface area contributed by atoms with Crippen molar-refractivity contribution < 1.29 is 21.6 Å². The summed E-state index contributed by atoms with van der Waals surface area (Å²) < 4.78 is 68.1. The minimum atomic E-state index is -4.79. The molecule has 1 fully saturated rings. The average Bonchev–Trinajstić information content (AvgIpc) is 2.60. The fraction of sp³-hybridized carbons (Fsp3) is 0.368. The molecular weight excluding hydrogens is 377 g/mol. The van der Waals surface area contributed by atoms with E-state index in [0.717, 1.165) is 6.07 Å². The van der Waals surface area contributed by atoms with Crippen molar-refractivity contribution in [2.75, 3.05) is 31.1 Å². The predicted molar refractivity (Wildman–Crippen MR) is 97.9 cm³/mol. The summed E-state index contributed by atoms with van der Waals surface area (Å²) >= 11 is 0. The molecule has 1 saturated heterocycles. The fourth-order valence-electron chi connectivity index (χ4n) is 3.41. The van der Waals surface area contributed by atoms with Crippen LogP contribution in [-0.4, -0.2) is 34.6 Å². The van der Waals surface area contributed by atoms with Crippen LogP contribution in [0.3, 0.4) is 0 Å². The molecule has 0 aromatic heterocycles. The van der Waals surface area contributed by atoms with Crippen LogP contribution in [0.2, 0.25) is 0 Å². The topological polar surface area (TPSA) is 49.4 Å². The predicted octanol–water partition coefficient (Wildman–Crippen LogP) is 3.56. The van der Waals surface area contributed by atoms with Crippen LogP contribution in [0.5, 0.6) is 0 Å². The van der Waals surface area contributed by atoms with Crippen molar-refractivity contribution in [1.29, 1.82) is 0 Å². The van der Waals surface area contributed by atoms with Gasteiger partial charge < -0.3 is 10.2 Å². The third kappa shape index (κ3) is 3.96. The van der Waals surface area contributed by atoms with Crippen molar-refractivity contribution in [1.82, 2.24) is 5.32 Å². The molecule has 27 heavy (non-hydrogen) atoms. The highest BCUT2D eigenvalue weighted by molar-refractivity contribution is 7.91. The lowest BCUT2D eigenvalue weighted by molar-refractivity contribution is -0.139. The van der Waals surface area contributed by atoms with Crippen molar-refractivity contribution in [3.63, 3.8) is 0 Å². The Labute approximate surface area is 156 Å². The van der Waals surface area contributed by atoms with Crippen molar-refractivity contribution in [2.45, 2.75) is 29.8 Å². The zero-order valence-corrected chi connectivity index (χ0v) is 15.9. The highest BCUT2D eigenvalue weighted by Crippen LogP contribution is 2.42. The van der Waals surface area contributed by atoms with Gasteiger partial charge in [-0.15, -0.1) is 0 Å². The summed E-state index contributed by atoms with van der Waals surface area (Å²) in [5, 5.41) is 3.08. The van der Waals surface area contributed by atoms with Crippen molar-refractivity contribution in [3.8, 4) is 0 Å². The van der Waals surface area contributed by atoms with Gasteiger partial charge >= 0.3 is 6.18 Å². The number of rotatable bonds is 3. The molecule has 1 aliphatic rings. The molecule has 0 saturated carbocycles. The molecule has 0 bridgehead atoms. The molecule has 0 aliphatic carbocycles. The molecule has 8 heteroatoms. The Morgan fingerprint density at radius 2 is 1.59 bits per heavy atom. The van der Waals surface area contributed by atoms with Gasteiger partial charge in [-0.05, 0) is 49.2 Å². The molecule has 0 amide bonds. The Morgan fingerprint density at radius 1 is 1.00 bits per heavy atom. The minimum Gasteiger partial charge on any atom is -0.368 e. The number of hydrogen-bond acceptors (Lipinski definition) is 4. The first-order chi connectivity index (χ1) is 12.6. The van der Waals surface area contributed by atoms with Crippen LogP contribution < -0.4 is 10.2 Å². The minimum absolute atomic E-state index is 0.0885. The lowest BCUT2D eigenvalue weighted by atomic mass is 10.1. The van der Waals surface area contributed by atoms with E-state index in [1.165, 1.54) is 24.3 Å². The van der Waals surface area contributed by atoms with E-state index < -0.39 is 26.5 Å². The lowest BCUT2D eigenvalue weighted by Crippen LogP contribution is -2.44. The molecule has 0 spiro atoms. The normalized spacial score (nSPS) is 15.8. The maximum atomic E-state index is 14.0. The zero-order chi connectivity index (χ0) is 19.8. The number of alkyl halides is 3. The Bertz CT molecular complexity index is 930. The van der Waals surface area contributed by atoms with Gasteiger partial charge in [-0.25, -0.2) is 8.42 Å². The van der Waals surface area contributed by atoms with Gasteiger partial charge in [0.2, 0.25) is 9.84 Å². The lowest BCUT2D eigenvalue weighted by Gasteiger charge is -2.32. The summed E-state index contributed by atoms with van der Waals surface area (Å²) in [5.41, 5.74) is 0.182. The number of aryl methyl sites for hydroxylation is 2. The van der Waals surface area contributed by atoms with Gasteiger partial charge in [-0.2, -0.15) is 13.2 Å². The van der Waals surface area contributed by atoms with Gasteiger partial charge in [-0.1, -0.05) is 12.1 Å². The number of nitrogens with one attached hydrogen (secondary N) is 1. The zero-order valence-electron chi connectivity index (χ0n) is 15.1. The number of anilines is 1. The highest BCUT2D eigenvalue weighted by Gasteiger charge is 2.41. The second kappa shape index (κ2) is 7.16. The summed E-state index contributed by atoms with van der Waals surface area (Å²) in [6, 6.07) is 8.35. The van der Waals surface area contributed by atoms with Gasteiger partial charge in [0.15, 0.2) is 0 Å². The molecule has 4 nitrogen and oxygen atoms in total. The van der Waals surface area contributed by atoms with Gasteiger partial charge in [0.25, 0.3) is 0 Å². The van der Waals surface area contributed by atoms with E-state index in [-0.39, 0.29) is 10.6 Å². The Balaban J connectivity index is 2.23. The number of hydrogen-bond donors (Lipinski definition) is 1. The molecule has 1 heterocycles. The number of sulfone groups is 1. The molecule has 2 aromatic rings. The molecular formula is C19H21F3N2O2S. The van der Waals surface area contributed by atoms with Gasteiger partial charge in [-0.3, -0.25) is 0 Å². The van der Waals surface area contributed by atoms with E-state index in [0.29, 0.717) is 37.3 Å². The fourth-order valence-corrected chi connectivity index (χ4v) is 5.10. The molecule has 2 aromatic carbocycles. The monoisotopic (exact) mass is 398 g/mol. The second-order valence-electron chi connectivity index (χ2n) is 6.71. The molecule has 146 valence electrons. The van der Waals surface area contributed by atoms with Crippen molar-refractivity contribution in [2.24, 2.45) is 0 Å². The third-order valence-electron chi connectivity index (χ3n) is 4.54. The van der Waals surface area contributed by atoms with Crippen LogP contribution >= 0.6 is 0 Å². The molecule has 1 aliphatic heterocycles. The van der Waals surface area contributed by atoms with E-state index in [2.05, 4.69) is 5.32 Å². The van der Waals surface area contributed by atoms with Crippen LogP contribution in [0.1, 0.15) is 16.7 Å². The molecule has 1 N–H and O–H groups in total. The smallest absolute Gasteiger partial charge is 0.368 e. The maximum Gasteiger partial charge on any atom is 0.419 e. The van der Waals surface area contributed by atoms with Crippen LogP contribution in [0.15, 0.2) is 46.2 Å². The molecule has 0 atom stereocenters. The van der Waals surface area contributed by atoms with Crippen LogP contribution in [0, 0.1) is 13.8 Å². The first-order valence-electron chi connectivity index (χ1n) is 8.60. The van der Waals surface area contributed by atoms with E-state index >= 15 is 0 Å². The van der Waals surface area contributed by atoms with E-state index in [1.807, 2.05) is 0 Å². The van der Waals surface area contributed by atoms with E-state index in [4.69, 9.17) is 0 Å². The van der Waals surface area contributed by atoms with E-state index in [9.17, 15) is 21.6 Å². The largest absolute Gasteiger partial charge is 0.419 e. The second-order valence-corrected chi connectivity index (χ2v) is 8.63. The summed E-state index contributed by atoms with van der Waals surface area (Å²) in [6.45, 7) is 5.30. The average molecular weight is 398 g/mol. The Morgan fingerprint density at radius 3 is 2.15 bits per heavy atom. The van der Waals surface area contributed by atoms with Crippen LogP contribution in [-0.2, 0) is 16.0 Å². The Hall–Kier alpha value is -2.06. The maximum absolute atomic E-state index is 14.0. The summed E-state index contributed by atoms with van der Waals surface area (Å²) in [7, 11) is -4.32. The van der Waals surface area contributed by atoms with Gasteiger partial charge in [0, 0.05) is 26.2 Å². The summed E-state index contributed by atoms with van der Waals surface area (Å²) in [6.07, 6.45) is -4.79. The summed E-state index contributed by atoms with van der Waals surface area (Å²) in [5.74, 6) is 0. The molecule has 3 rings (SSSR count). The summed E-state index contributed by atoms with van der Waals surface area (Å²) in [4.78, 5) is 0.763. The third-order valence-corrected chi connectivity index (χ3v) is 6.32. The first kappa shape index (κ1) is 19.7. The van der Waals surface area contributed by atoms with Crippen LogP contribution in [0.25, 0.3) is 0 Å².